The standard InChI is InChI=1S/C11H12N4.2ClH/c1-4-12-5-2-9(1)10-7-13-11-3-6-14-15(11)8-10;;/h1,3,6-8,12H,2,4-5H2;2*1H. The first-order chi connectivity index (χ1) is 7.43. The average molecular weight is 273 g/mol. The first kappa shape index (κ1) is 14.0. The average Bonchev–Trinajstić information content (AvgIpc) is 2.77. The first-order valence-corrected chi connectivity index (χ1v) is 5.13. The molecule has 0 spiro atoms. The van der Waals surface area contributed by atoms with Gasteiger partial charge in [-0.3, -0.25) is 0 Å². The quantitative estimate of drug-likeness (QED) is 0.863. The maximum atomic E-state index is 4.36. The van der Waals surface area contributed by atoms with E-state index in [1.165, 1.54) is 11.1 Å². The molecule has 0 radical (unpaired) electrons. The molecule has 0 fully saturated rings. The Morgan fingerprint density at radius 3 is 2.94 bits per heavy atom. The van der Waals surface area contributed by atoms with E-state index >= 15 is 0 Å². The highest BCUT2D eigenvalue weighted by Crippen LogP contribution is 2.18. The molecule has 4 nitrogen and oxygen atoms in total. The van der Waals surface area contributed by atoms with Gasteiger partial charge in [-0.15, -0.1) is 24.8 Å². The molecule has 0 saturated carbocycles. The van der Waals surface area contributed by atoms with Crippen molar-refractivity contribution in [2.75, 3.05) is 13.1 Å². The summed E-state index contributed by atoms with van der Waals surface area (Å²) < 4.78 is 1.82. The number of rotatable bonds is 1. The van der Waals surface area contributed by atoms with E-state index in [2.05, 4.69) is 21.5 Å². The maximum Gasteiger partial charge on any atom is 0.154 e. The molecule has 2 aromatic heterocycles. The van der Waals surface area contributed by atoms with E-state index in [1.807, 2.05) is 23.0 Å². The predicted molar refractivity (Wildman–Crippen MR) is 72.9 cm³/mol. The van der Waals surface area contributed by atoms with Crippen LogP contribution in [0.2, 0.25) is 0 Å². The van der Waals surface area contributed by atoms with E-state index < -0.39 is 0 Å². The third-order valence-electron chi connectivity index (χ3n) is 2.68. The van der Waals surface area contributed by atoms with E-state index in [-0.39, 0.29) is 24.8 Å². The summed E-state index contributed by atoms with van der Waals surface area (Å²) in [7, 11) is 0. The topological polar surface area (TPSA) is 42.2 Å². The molecule has 0 atom stereocenters. The molecule has 17 heavy (non-hydrogen) atoms. The fourth-order valence-corrected chi connectivity index (χ4v) is 1.86. The normalized spacial score (nSPS) is 14.7. The number of fused-ring (bicyclic) bond motifs is 1. The molecule has 0 saturated heterocycles. The van der Waals surface area contributed by atoms with Crippen molar-refractivity contribution in [3.63, 3.8) is 0 Å². The molecule has 0 aromatic carbocycles. The van der Waals surface area contributed by atoms with Crippen LogP contribution in [0.15, 0.2) is 30.7 Å². The van der Waals surface area contributed by atoms with Gasteiger partial charge in [0.2, 0.25) is 0 Å². The predicted octanol–water partition coefficient (Wildman–Crippen LogP) is 1.95. The second kappa shape index (κ2) is 6.00. The SMILES string of the molecule is C1=C(c2cnc3ccnn3c2)CCNC1.Cl.Cl. The van der Waals surface area contributed by atoms with Crippen molar-refractivity contribution < 1.29 is 0 Å². The summed E-state index contributed by atoms with van der Waals surface area (Å²) in [5, 5.41) is 7.48. The van der Waals surface area contributed by atoms with Crippen LogP contribution in [0.4, 0.5) is 0 Å². The molecule has 0 aliphatic carbocycles. The summed E-state index contributed by atoms with van der Waals surface area (Å²) >= 11 is 0. The van der Waals surface area contributed by atoms with Gasteiger partial charge < -0.3 is 5.32 Å². The first-order valence-electron chi connectivity index (χ1n) is 5.13. The number of hydrogen-bond donors (Lipinski definition) is 1. The van der Waals surface area contributed by atoms with Crippen LogP contribution in [0, 0.1) is 0 Å². The molecule has 1 aliphatic heterocycles. The molecular formula is C11H14Cl2N4. The second-order valence-electron chi connectivity index (χ2n) is 3.66. The van der Waals surface area contributed by atoms with Gasteiger partial charge in [0.25, 0.3) is 0 Å². The van der Waals surface area contributed by atoms with Gasteiger partial charge in [-0.05, 0) is 18.5 Å². The number of nitrogens with zero attached hydrogens (tertiary/aromatic N) is 3. The van der Waals surface area contributed by atoms with E-state index in [0.29, 0.717) is 0 Å². The Kier molecular flexibility index (Phi) is 4.93. The van der Waals surface area contributed by atoms with Crippen molar-refractivity contribution in [1.29, 1.82) is 0 Å². The Balaban J connectivity index is 0.000000722. The van der Waals surface area contributed by atoms with Crippen LogP contribution in [-0.2, 0) is 0 Å². The van der Waals surface area contributed by atoms with E-state index in [1.54, 1.807) is 6.20 Å². The second-order valence-corrected chi connectivity index (χ2v) is 3.66. The largest absolute Gasteiger partial charge is 0.313 e. The Morgan fingerprint density at radius 1 is 1.29 bits per heavy atom. The molecule has 3 rings (SSSR count). The van der Waals surface area contributed by atoms with Crippen molar-refractivity contribution in [1.82, 2.24) is 19.9 Å². The third kappa shape index (κ3) is 2.77. The van der Waals surface area contributed by atoms with Gasteiger partial charge in [0.15, 0.2) is 5.65 Å². The zero-order valence-corrected chi connectivity index (χ0v) is 10.8. The van der Waals surface area contributed by atoms with Gasteiger partial charge in [0.05, 0.1) is 6.20 Å². The number of aromatic nitrogens is 3. The molecular weight excluding hydrogens is 259 g/mol. The maximum absolute atomic E-state index is 4.36. The zero-order valence-electron chi connectivity index (χ0n) is 9.17. The lowest BCUT2D eigenvalue weighted by molar-refractivity contribution is 0.737. The summed E-state index contributed by atoms with van der Waals surface area (Å²) in [5.41, 5.74) is 3.43. The van der Waals surface area contributed by atoms with Crippen LogP contribution in [-0.4, -0.2) is 27.7 Å². The summed E-state index contributed by atoms with van der Waals surface area (Å²) in [6.07, 6.45) is 9.01. The van der Waals surface area contributed by atoms with Crippen molar-refractivity contribution in [3.05, 3.63) is 36.3 Å². The van der Waals surface area contributed by atoms with Crippen LogP contribution in [0.5, 0.6) is 0 Å². The number of hydrogen-bond acceptors (Lipinski definition) is 3. The monoisotopic (exact) mass is 272 g/mol. The highest BCUT2D eigenvalue weighted by molar-refractivity contribution is 5.85. The molecule has 0 amide bonds. The van der Waals surface area contributed by atoms with Crippen LogP contribution < -0.4 is 5.32 Å². The van der Waals surface area contributed by atoms with Crippen LogP contribution in [0.1, 0.15) is 12.0 Å². The van der Waals surface area contributed by atoms with Crippen molar-refractivity contribution in [2.45, 2.75) is 6.42 Å². The Labute approximate surface area is 112 Å². The highest BCUT2D eigenvalue weighted by atomic mass is 35.5. The molecule has 3 heterocycles. The van der Waals surface area contributed by atoms with Crippen molar-refractivity contribution in [3.8, 4) is 0 Å². The summed E-state index contributed by atoms with van der Waals surface area (Å²) in [6, 6.07) is 1.90. The molecule has 2 aromatic rings. The lowest BCUT2D eigenvalue weighted by atomic mass is 10.0. The van der Waals surface area contributed by atoms with Crippen LogP contribution in [0.3, 0.4) is 0 Å². The van der Waals surface area contributed by atoms with Gasteiger partial charge in [-0.25, -0.2) is 9.50 Å². The molecule has 1 N–H and O–H groups in total. The molecule has 1 aliphatic rings. The summed E-state index contributed by atoms with van der Waals surface area (Å²) in [4.78, 5) is 4.36. The fourth-order valence-electron chi connectivity index (χ4n) is 1.86. The molecule has 92 valence electrons. The van der Waals surface area contributed by atoms with Crippen molar-refractivity contribution in [2.24, 2.45) is 0 Å². The fraction of sp³-hybridized carbons (Fsp3) is 0.273. The van der Waals surface area contributed by atoms with Gasteiger partial charge in [-0.1, -0.05) is 6.08 Å². The van der Waals surface area contributed by atoms with Gasteiger partial charge in [0.1, 0.15) is 0 Å². The molecule has 0 unspecified atom stereocenters. The van der Waals surface area contributed by atoms with Crippen LogP contribution in [0.25, 0.3) is 11.2 Å². The van der Waals surface area contributed by atoms with Gasteiger partial charge in [-0.2, -0.15) is 5.10 Å². The summed E-state index contributed by atoms with van der Waals surface area (Å²) in [6.45, 7) is 2.00. The third-order valence-corrected chi connectivity index (χ3v) is 2.68. The molecule has 6 heteroatoms. The Morgan fingerprint density at radius 2 is 2.18 bits per heavy atom. The number of nitrogens with one attached hydrogen (secondary N) is 1. The number of halogens is 2. The lowest BCUT2D eigenvalue weighted by Gasteiger charge is -2.13. The van der Waals surface area contributed by atoms with E-state index in [4.69, 9.17) is 0 Å². The highest BCUT2D eigenvalue weighted by Gasteiger charge is 2.06. The van der Waals surface area contributed by atoms with E-state index in [0.717, 1.165) is 25.2 Å². The van der Waals surface area contributed by atoms with Gasteiger partial charge in [0, 0.05) is 30.6 Å². The Bertz CT molecular complexity index is 521. The minimum absolute atomic E-state index is 0. The minimum Gasteiger partial charge on any atom is -0.313 e. The van der Waals surface area contributed by atoms with Crippen LogP contribution >= 0.6 is 24.8 Å². The summed E-state index contributed by atoms with van der Waals surface area (Å²) in [5.74, 6) is 0. The molecule has 0 bridgehead atoms. The Hall–Kier alpha value is -1.10. The lowest BCUT2D eigenvalue weighted by Crippen LogP contribution is -2.20. The zero-order chi connectivity index (χ0) is 10.1. The van der Waals surface area contributed by atoms with Gasteiger partial charge >= 0.3 is 0 Å². The minimum atomic E-state index is 0. The van der Waals surface area contributed by atoms with E-state index in [9.17, 15) is 0 Å². The van der Waals surface area contributed by atoms with Crippen molar-refractivity contribution >= 4 is 36.0 Å². The smallest absolute Gasteiger partial charge is 0.154 e.